The van der Waals surface area contributed by atoms with E-state index in [1.807, 2.05) is 26.0 Å². The van der Waals surface area contributed by atoms with Gasteiger partial charge in [-0.15, -0.1) is 0 Å². The molecule has 0 spiro atoms. The van der Waals surface area contributed by atoms with Gasteiger partial charge in [-0.05, 0) is 31.5 Å². The second-order valence-electron chi connectivity index (χ2n) is 5.78. The highest BCUT2D eigenvalue weighted by Gasteiger charge is 2.38. The summed E-state index contributed by atoms with van der Waals surface area (Å²) in [5.41, 5.74) is 9.92. The van der Waals surface area contributed by atoms with Crippen molar-refractivity contribution in [1.82, 2.24) is 20.2 Å². The van der Waals surface area contributed by atoms with Crippen LogP contribution in [0.15, 0.2) is 18.3 Å². The van der Waals surface area contributed by atoms with Gasteiger partial charge in [0, 0.05) is 5.69 Å². The van der Waals surface area contributed by atoms with Gasteiger partial charge in [0.1, 0.15) is 5.69 Å². The summed E-state index contributed by atoms with van der Waals surface area (Å²) in [6.45, 7) is 3.81. The average Bonchev–Trinajstić information content (AvgIpc) is 3.06. The molecule has 3 aromatic rings. The van der Waals surface area contributed by atoms with Crippen LogP contribution in [0.5, 0.6) is 0 Å². The van der Waals surface area contributed by atoms with E-state index in [1.54, 1.807) is 6.20 Å². The fraction of sp³-hybridized carbons (Fsp3) is 0.214. The predicted octanol–water partition coefficient (Wildman–Crippen LogP) is 1.76. The Labute approximate surface area is 120 Å². The monoisotopic (exact) mass is 282 g/mol. The zero-order valence-electron chi connectivity index (χ0n) is 11.6. The minimum absolute atomic E-state index is 0.00295. The van der Waals surface area contributed by atoms with Gasteiger partial charge in [-0.1, -0.05) is 0 Å². The molecular weight excluding hydrogens is 268 g/mol. The molecule has 0 fully saturated rings. The number of nitrogen functional groups attached to an aromatic ring is 1. The number of nitrogens with one attached hydrogen (secondary N) is 3. The van der Waals surface area contributed by atoms with Crippen molar-refractivity contribution in [2.75, 3.05) is 11.1 Å². The minimum Gasteiger partial charge on any atom is -0.396 e. The van der Waals surface area contributed by atoms with Crippen molar-refractivity contribution in [3.05, 3.63) is 23.9 Å². The average molecular weight is 282 g/mol. The smallest absolute Gasteiger partial charge is 0.234 e. The predicted molar refractivity (Wildman–Crippen MR) is 79.7 cm³/mol. The molecule has 0 saturated heterocycles. The van der Waals surface area contributed by atoms with Gasteiger partial charge in [-0.25, -0.2) is 4.98 Å². The Kier molecular flexibility index (Phi) is 2.07. The number of fused-ring (bicyclic) bond motifs is 2. The third kappa shape index (κ3) is 1.51. The van der Waals surface area contributed by atoms with E-state index in [9.17, 15) is 4.79 Å². The molecule has 1 aromatic carbocycles. The lowest BCUT2D eigenvalue weighted by Gasteiger charge is -2.14. The van der Waals surface area contributed by atoms with E-state index in [-0.39, 0.29) is 5.91 Å². The number of aromatic nitrogens is 4. The van der Waals surface area contributed by atoms with Crippen molar-refractivity contribution in [3.8, 4) is 11.5 Å². The van der Waals surface area contributed by atoms with Crippen molar-refractivity contribution in [2.45, 2.75) is 19.3 Å². The van der Waals surface area contributed by atoms with Crippen LogP contribution >= 0.6 is 0 Å². The number of anilines is 2. The highest BCUT2D eigenvalue weighted by Crippen LogP contribution is 2.39. The third-order valence-corrected chi connectivity index (χ3v) is 4.02. The summed E-state index contributed by atoms with van der Waals surface area (Å²) >= 11 is 0. The largest absolute Gasteiger partial charge is 0.396 e. The van der Waals surface area contributed by atoms with Crippen LogP contribution < -0.4 is 11.1 Å². The Bertz CT molecular complexity index is 888. The van der Waals surface area contributed by atoms with E-state index in [4.69, 9.17) is 5.73 Å². The molecule has 7 heteroatoms. The number of carbonyl (C=O) groups excluding carboxylic acids is 1. The van der Waals surface area contributed by atoms with E-state index in [0.717, 1.165) is 22.3 Å². The molecule has 3 heterocycles. The van der Waals surface area contributed by atoms with Crippen LogP contribution in [0.1, 0.15) is 19.4 Å². The first-order valence-electron chi connectivity index (χ1n) is 6.62. The maximum absolute atomic E-state index is 12.0. The standard InChI is InChI=1S/C14H14N6O/c1-14(2)6-3-9-10(4-8(6)19-13(14)21)18-12(17-9)11-7(15)5-16-20-11/h3-5H,15H2,1-2H3,(H,16,20)(H,17,18)(H,19,21). The highest BCUT2D eigenvalue weighted by atomic mass is 16.2. The minimum atomic E-state index is -0.540. The fourth-order valence-corrected chi connectivity index (χ4v) is 2.68. The van der Waals surface area contributed by atoms with Gasteiger partial charge in [0.05, 0.1) is 28.3 Å². The molecule has 7 nitrogen and oxygen atoms in total. The summed E-state index contributed by atoms with van der Waals surface area (Å²) in [7, 11) is 0. The van der Waals surface area contributed by atoms with Gasteiger partial charge < -0.3 is 16.0 Å². The lowest BCUT2D eigenvalue weighted by molar-refractivity contribution is -0.119. The van der Waals surface area contributed by atoms with Crippen LogP contribution in [-0.2, 0) is 10.2 Å². The number of rotatable bonds is 1. The first kappa shape index (κ1) is 12.0. The maximum atomic E-state index is 12.0. The number of nitrogens with two attached hydrogens (primary N) is 1. The molecule has 0 atom stereocenters. The Balaban J connectivity index is 1.92. The van der Waals surface area contributed by atoms with Crippen LogP contribution in [-0.4, -0.2) is 26.1 Å². The van der Waals surface area contributed by atoms with E-state index >= 15 is 0 Å². The van der Waals surface area contributed by atoms with E-state index in [1.165, 1.54) is 0 Å². The van der Waals surface area contributed by atoms with Gasteiger partial charge in [-0.2, -0.15) is 5.10 Å². The molecular formula is C14H14N6O. The van der Waals surface area contributed by atoms with E-state index < -0.39 is 5.41 Å². The van der Waals surface area contributed by atoms with Crippen molar-refractivity contribution in [3.63, 3.8) is 0 Å². The fourth-order valence-electron chi connectivity index (χ4n) is 2.68. The second kappa shape index (κ2) is 3.63. The maximum Gasteiger partial charge on any atom is 0.234 e. The highest BCUT2D eigenvalue weighted by molar-refractivity contribution is 6.07. The lowest BCUT2D eigenvalue weighted by Crippen LogP contribution is -2.26. The first-order chi connectivity index (χ1) is 9.96. The zero-order valence-corrected chi connectivity index (χ0v) is 11.6. The van der Waals surface area contributed by atoms with Gasteiger partial charge >= 0.3 is 0 Å². The molecule has 5 N–H and O–H groups in total. The summed E-state index contributed by atoms with van der Waals surface area (Å²) in [6, 6.07) is 3.84. The van der Waals surface area contributed by atoms with Gasteiger partial charge in [0.25, 0.3) is 0 Å². The SMILES string of the molecule is CC1(C)C(=O)Nc2cc3nc(-c4[nH]ncc4N)[nH]c3cc21. The van der Waals surface area contributed by atoms with Crippen LogP contribution in [0.25, 0.3) is 22.6 Å². The van der Waals surface area contributed by atoms with Crippen molar-refractivity contribution in [2.24, 2.45) is 0 Å². The van der Waals surface area contributed by atoms with E-state index in [2.05, 4.69) is 25.5 Å². The van der Waals surface area contributed by atoms with Crippen molar-refractivity contribution >= 4 is 28.3 Å². The second-order valence-corrected chi connectivity index (χ2v) is 5.78. The molecule has 1 aliphatic heterocycles. The Morgan fingerprint density at radius 3 is 2.81 bits per heavy atom. The van der Waals surface area contributed by atoms with Gasteiger partial charge in [0.15, 0.2) is 5.82 Å². The van der Waals surface area contributed by atoms with Crippen molar-refractivity contribution in [1.29, 1.82) is 0 Å². The van der Waals surface area contributed by atoms with Crippen LogP contribution in [0.3, 0.4) is 0 Å². The van der Waals surface area contributed by atoms with Gasteiger partial charge in [0.2, 0.25) is 5.91 Å². The quantitative estimate of drug-likeness (QED) is 0.544. The molecule has 0 aliphatic carbocycles. The van der Waals surface area contributed by atoms with E-state index in [0.29, 0.717) is 17.2 Å². The first-order valence-corrected chi connectivity index (χ1v) is 6.62. The molecule has 106 valence electrons. The summed E-state index contributed by atoms with van der Waals surface area (Å²) < 4.78 is 0. The molecule has 0 radical (unpaired) electrons. The number of aromatic amines is 2. The Morgan fingerprint density at radius 2 is 2.10 bits per heavy atom. The van der Waals surface area contributed by atoms with Gasteiger partial charge in [-0.3, -0.25) is 9.89 Å². The molecule has 4 rings (SSSR count). The molecule has 2 aromatic heterocycles. The van der Waals surface area contributed by atoms with Crippen molar-refractivity contribution < 1.29 is 4.79 Å². The van der Waals surface area contributed by atoms with Crippen LogP contribution in [0, 0.1) is 0 Å². The number of carbonyl (C=O) groups is 1. The molecule has 0 bridgehead atoms. The molecule has 0 saturated carbocycles. The number of imidazole rings is 1. The van der Waals surface area contributed by atoms with Crippen LogP contribution in [0.4, 0.5) is 11.4 Å². The summed E-state index contributed by atoms with van der Waals surface area (Å²) in [5.74, 6) is 0.635. The molecule has 21 heavy (non-hydrogen) atoms. The number of hydrogen-bond donors (Lipinski definition) is 4. The number of amides is 1. The lowest BCUT2D eigenvalue weighted by atomic mass is 9.86. The zero-order chi connectivity index (χ0) is 14.8. The molecule has 0 unspecified atom stereocenters. The summed E-state index contributed by atoms with van der Waals surface area (Å²) in [6.07, 6.45) is 1.55. The molecule has 1 aliphatic rings. The number of benzene rings is 1. The summed E-state index contributed by atoms with van der Waals surface area (Å²) in [4.78, 5) is 19.7. The third-order valence-electron chi connectivity index (χ3n) is 4.02. The summed E-state index contributed by atoms with van der Waals surface area (Å²) in [5, 5.41) is 9.62. The number of nitrogens with zero attached hydrogens (tertiary/aromatic N) is 2. The topological polar surface area (TPSA) is 112 Å². The number of hydrogen-bond acceptors (Lipinski definition) is 4. The Morgan fingerprint density at radius 1 is 1.29 bits per heavy atom. The normalized spacial score (nSPS) is 16.2. The van der Waals surface area contributed by atoms with Crippen LogP contribution in [0.2, 0.25) is 0 Å². The number of H-pyrrole nitrogens is 2. The molecule has 1 amide bonds. The Hall–Kier alpha value is -2.83.